The average molecular weight is 520 g/mol. The molecule has 4 aromatic carbocycles. The van der Waals surface area contributed by atoms with Crippen molar-refractivity contribution in [2.75, 3.05) is 0 Å². The van der Waals surface area contributed by atoms with Crippen molar-refractivity contribution < 1.29 is 32.6 Å². The van der Waals surface area contributed by atoms with Gasteiger partial charge in [0.2, 0.25) is 0 Å². The maximum absolute atomic E-state index is 13.4. The molecule has 0 saturated heterocycles. The fraction of sp³-hybridized carbons (Fsp3) is 0.200. The van der Waals surface area contributed by atoms with Gasteiger partial charge in [0.1, 0.15) is 18.4 Å². The first-order valence-electron chi connectivity index (χ1n) is 12.1. The summed E-state index contributed by atoms with van der Waals surface area (Å²) in [6, 6.07) is 21.8. The highest BCUT2D eigenvalue weighted by Crippen LogP contribution is 2.33. The largest absolute Gasteiger partial charge is 0.487 e. The van der Waals surface area contributed by atoms with Crippen molar-refractivity contribution in [1.29, 1.82) is 0 Å². The van der Waals surface area contributed by atoms with Crippen LogP contribution in [-0.4, -0.2) is 23.0 Å². The summed E-state index contributed by atoms with van der Waals surface area (Å²) in [4.78, 5) is 25.6. The van der Waals surface area contributed by atoms with Crippen LogP contribution in [0.4, 0.5) is 13.2 Å². The quantitative estimate of drug-likeness (QED) is 0.312. The lowest BCUT2D eigenvalue weighted by Gasteiger charge is -2.22. The van der Waals surface area contributed by atoms with Crippen molar-refractivity contribution >= 4 is 22.6 Å². The summed E-state index contributed by atoms with van der Waals surface area (Å²) in [7, 11) is 0. The Labute approximate surface area is 216 Å². The third kappa shape index (κ3) is 5.20. The van der Waals surface area contributed by atoms with Crippen LogP contribution in [0.2, 0.25) is 0 Å². The first-order valence-corrected chi connectivity index (χ1v) is 12.1. The number of carbonyl (C=O) groups is 2. The van der Waals surface area contributed by atoms with E-state index in [0.29, 0.717) is 23.8 Å². The zero-order valence-corrected chi connectivity index (χ0v) is 20.2. The average Bonchev–Trinajstić information content (AvgIpc) is 3.33. The van der Waals surface area contributed by atoms with E-state index in [4.69, 9.17) is 4.74 Å². The molecule has 0 aliphatic heterocycles. The molecule has 38 heavy (non-hydrogen) atoms. The molecule has 0 fully saturated rings. The Hall–Kier alpha value is -4.33. The normalized spacial score (nSPS) is 14.2. The Kier molecular flexibility index (Phi) is 6.80. The van der Waals surface area contributed by atoms with E-state index in [2.05, 4.69) is 5.32 Å². The Morgan fingerprint density at radius 3 is 2.16 bits per heavy atom. The van der Waals surface area contributed by atoms with Gasteiger partial charge in [-0.15, -0.1) is 0 Å². The molecule has 1 amide bonds. The monoisotopic (exact) mass is 519 g/mol. The molecule has 0 radical (unpaired) electrons. The van der Waals surface area contributed by atoms with Gasteiger partial charge in [-0.05, 0) is 59.0 Å². The van der Waals surface area contributed by atoms with Crippen molar-refractivity contribution in [2.45, 2.75) is 31.7 Å². The summed E-state index contributed by atoms with van der Waals surface area (Å²) in [5.41, 5.74) is 2.02. The minimum atomic E-state index is -4.44. The number of benzene rings is 4. The van der Waals surface area contributed by atoms with Crippen molar-refractivity contribution in [3.8, 4) is 5.75 Å². The van der Waals surface area contributed by atoms with Crippen LogP contribution >= 0.6 is 0 Å². The molecule has 1 aliphatic carbocycles. The number of alkyl halides is 3. The van der Waals surface area contributed by atoms with Crippen molar-refractivity contribution in [2.24, 2.45) is 5.92 Å². The van der Waals surface area contributed by atoms with Gasteiger partial charge in [0.05, 0.1) is 11.1 Å². The third-order valence-electron chi connectivity index (χ3n) is 6.90. The molecule has 0 saturated carbocycles. The van der Waals surface area contributed by atoms with E-state index in [1.165, 1.54) is 12.1 Å². The fourth-order valence-corrected chi connectivity index (χ4v) is 4.95. The van der Waals surface area contributed by atoms with E-state index < -0.39 is 29.7 Å². The number of hydrogen-bond acceptors (Lipinski definition) is 3. The molecule has 1 atom stereocenters. The lowest BCUT2D eigenvalue weighted by molar-refractivity contribution is -0.140. The third-order valence-corrected chi connectivity index (χ3v) is 6.90. The predicted octanol–water partition coefficient (Wildman–Crippen LogP) is 6.04. The summed E-state index contributed by atoms with van der Waals surface area (Å²) in [5, 5.41) is 14.1. The molecular formula is C30H24F3NO4. The first-order chi connectivity index (χ1) is 18.2. The Balaban J connectivity index is 1.40. The second-order valence-corrected chi connectivity index (χ2v) is 9.37. The zero-order chi connectivity index (χ0) is 26.9. The van der Waals surface area contributed by atoms with Crippen LogP contribution < -0.4 is 10.1 Å². The van der Waals surface area contributed by atoms with Crippen LogP contribution in [0.15, 0.2) is 84.9 Å². The lowest BCUT2D eigenvalue weighted by atomic mass is 9.95. The minimum absolute atomic E-state index is 0.0767. The number of hydrogen-bond donors (Lipinski definition) is 2. The summed E-state index contributed by atoms with van der Waals surface area (Å²) in [5.74, 6) is -1.78. The fourth-order valence-electron chi connectivity index (χ4n) is 4.95. The standard InChI is InChI=1S/C30H24F3NO4/c31-30(32,33)23-12-9-18(10-13-23)17-38-27-24-8-4-3-5-19(24)11-14-25(27)28(35)34-26(29(36)37)22-15-20-6-1-2-7-21(20)16-22/h1-14,22,26H,15-17H2,(H,34,35)(H,36,37). The highest BCUT2D eigenvalue weighted by Gasteiger charge is 2.35. The molecule has 5 rings (SSSR count). The number of nitrogens with one attached hydrogen (secondary N) is 1. The number of aliphatic carboxylic acids is 1. The minimum Gasteiger partial charge on any atom is -0.487 e. The van der Waals surface area contributed by atoms with Crippen LogP contribution in [-0.2, 0) is 30.4 Å². The number of carboxylic acid groups (broad SMARTS) is 1. The van der Waals surface area contributed by atoms with Gasteiger partial charge in [-0.25, -0.2) is 4.79 Å². The van der Waals surface area contributed by atoms with Crippen LogP contribution in [0.5, 0.6) is 5.75 Å². The van der Waals surface area contributed by atoms with E-state index >= 15 is 0 Å². The second kappa shape index (κ2) is 10.2. The summed E-state index contributed by atoms with van der Waals surface area (Å²) in [6.07, 6.45) is -3.35. The molecule has 4 aromatic rings. The van der Waals surface area contributed by atoms with Gasteiger partial charge in [-0.3, -0.25) is 4.79 Å². The van der Waals surface area contributed by atoms with Gasteiger partial charge >= 0.3 is 12.1 Å². The van der Waals surface area contributed by atoms with E-state index in [0.717, 1.165) is 28.6 Å². The van der Waals surface area contributed by atoms with Crippen LogP contribution in [0.3, 0.4) is 0 Å². The molecular weight excluding hydrogens is 495 g/mol. The smallest absolute Gasteiger partial charge is 0.416 e. The number of rotatable bonds is 7. The highest BCUT2D eigenvalue weighted by atomic mass is 19.4. The molecule has 2 N–H and O–H groups in total. The maximum atomic E-state index is 13.4. The number of fused-ring (bicyclic) bond motifs is 2. The summed E-state index contributed by atoms with van der Waals surface area (Å²) >= 11 is 0. The van der Waals surface area contributed by atoms with E-state index in [1.807, 2.05) is 36.4 Å². The molecule has 0 bridgehead atoms. The molecule has 0 spiro atoms. The SMILES string of the molecule is O=C(NC(C(=O)O)C1Cc2ccccc2C1)c1ccc2ccccc2c1OCc1ccc(C(F)(F)F)cc1. The molecule has 5 nitrogen and oxygen atoms in total. The number of ether oxygens (including phenoxy) is 1. The number of carbonyl (C=O) groups excluding carboxylic acids is 1. The maximum Gasteiger partial charge on any atom is 0.416 e. The van der Waals surface area contributed by atoms with Crippen molar-refractivity contribution in [3.05, 3.63) is 113 Å². The Bertz CT molecular complexity index is 1470. The van der Waals surface area contributed by atoms with Gasteiger partial charge in [0, 0.05) is 5.39 Å². The Morgan fingerprint density at radius 1 is 0.895 bits per heavy atom. The van der Waals surface area contributed by atoms with Gasteiger partial charge < -0.3 is 15.2 Å². The predicted molar refractivity (Wildman–Crippen MR) is 136 cm³/mol. The van der Waals surface area contributed by atoms with E-state index in [9.17, 15) is 27.9 Å². The summed E-state index contributed by atoms with van der Waals surface area (Å²) < 4.78 is 44.8. The van der Waals surface area contributed by atoms with Crippen molar-refractivity contribution in [3.63, 3.8) is 0 Å². The number of amides is 1. The summed E-state index contributed by atoms with van der Waals surface area (Å²) in [6.45, 7) is -0.0767. The van der Waals surface area contributed by atoms with Crippen LogP contribution in [0, 0.1) is 5.92 Å². The number of halogens is 3. The molecule has 194 valence electrons. The molecule has 1 unspecified atom stereocenters. The van der Waals surface area contributed by atoms with E-state index in [-0.39, 0.29) is 23.8 Å². The highest BCUT2D eigenvalue weighted by molar-refractivity contribution is 6.05. The second-order valence-electron chi connectivity index (χ2n) is 9.37. The van der Waals surface area contributed by atoms with Gasteiger partial charge in [0.25, 0.3) is 5.91 Å². The molecule has 8 heteroatoms. The lowest BCUT2D eigenvalue weighted by Crippen LogP contribution is -2.46. The molecule has 0 aromatic heterocycles. The van der Waals surface area contributed by atoms with Gasteiger partial charge in [0.15, 0.2) is 0 Å². The van der Waals surface area contributed by atoms with Crippen LogP contribution in [0.1, 0.15) is 32.6 Å². The van der Waals surface area contributed by atoms with E-state index in [1.54, 1.807) is 24.3 Å². The van der Waals surface area contributed by atoms with Crippen LogP contribution in [0.25, 0.3) is 10.8 Å². The zero-order valence-electron chi connectivity index (χ0n) is 20.2. The molecule has 1 aliphatic rings. The van der Waals surface area contributed by atoms with Gasteiger partial charge in [-0.2, -0.15) is 13.2 Å². The molecule has 0 heterocycles. The topological polar surface area (TPSA) is 75.6 Å². The Morgan fingerprint density at radius 2 is 1.53 bits per heavy atom. The van der Waals surface area contributed by atoms with Gasteiger partial charge in [-0.1, -0.05) is 66.7 Å². The first kappa shape index (κ1) is 25.3. The number of carboxylic acids is 1. The van der Waals surface area contributed by atoms with Crippen molar-refractivity contribution in [1.82, 2.24) is 5.32 Å².